The van der Waals surface area contributed by atoms with Crippen molar-refractivity contribution in [1.82, 2.24) is 0 Å². The van der Waals surface area contributed by atoms with Gasteiger partial charge in [0.05, 0.1) is 5.60 Å². The summed E-state index contributed by atoms with van der Waals surface area (Å²) in [5.74, 6) is 0. The van der Waals surface area contributed by atoms with Gasteiger partial charge in [-0.05, 0) is 43.4 Å². The van der Waals surface area contributed by atoms with E-state index in [4.69, 9.17) is 22.1 Å². The van der Waals surface area contributed by atoms with E-state index in [2.05, 4.69) is 0 Å². The molecule has 88 valence electrons. The number of hydrogen-bond donors (Lipinski definition) is 1. The Balaban J connectivity index is 2.02. The zero-order valence-corrected chi connectivity index (χ0v) is 10.3. The van der Waals surface area contributed by atoms with Crippen LogP contribution < -0.4 is 5.73 Å². The molecule has 0 bridgehead atoms. The van der Waals surface area contributed by atoms with E-state index < -0.39 is 0 Å². The Morgan fingerprint density at radius 3 is 2.44 bits per heavy atom. The highest BCUT2D eigenvalue weighted by atomic mass is 35.5. The standard InChI is InChI=1S/C13H18ClNO/c1-16-13(7-2-8-13)9-12(15)10-3-5-11(14)6-4-10/h3-6,12H,2,7-9,15H2,1H3. The van der Waals surface area contributed by atoms with Crippen LogP contribution in [0.2, 0.25) is 5.02 Å². The molecule has 0 radical (unpaired) electrons. The smallest absolute Gasteiger partial charge is 0.0696 e. The van der Waals surface area contributed by atoms with E-state index in [1.807, 2.05) is 24.3 Å². The van der Waals surface area contributed by atoms with Crippen LogP contribution in [0.3, 0.4) is 0 Å². The van der Waals surface area contributed by atoms with Gasteiger partial charge >= 0.3 is 0 Å². The molecule has 1 fully saturated rings. The molecule has 1 aliphatic carbocycles. The Hall–Kier alpha value is -0.570. The number of nitrogens with two attached hydrogens (primary N) is 1. The van der Waals surface area contributed by atoms with Crippen molar-refractivity contribution in [2.45, 2.75) is 37.3 Å². The van der Waals surface area contributed by atoms with Gasteiger partial charge in [-0.1, -0.05) is 23.7 Å². The molecule has 0 aliphatic heterocycles. The zero-order chi connectivity index (χ0) is 11.6. The molecule has 0 amide bonds. The van der Waals surface area contributed by atoms with Gasteiger partial charge in [-0.25, -0.2) is 0 Å². The van der Waals surface area contributed by atoms with Crippen LogP contribution >= 0.6 is 11.6 Å². The molecule has 0 aromatic heterocycles. The van der Waals surface area contributed by atoms with E-state index in [9.17, 15) is 0 Å². The summed E-state index contributed by atoms with van der Waals surface area (Å²) < 4.78 is 5.58. The minimum atomic E-state index is 0.0268. The average molecular weight is 240 g/mol. The highest BCUT2D eigenvalue weighted by Crippen LogP contribution is 2.41. The SMILES string of the molecule is COC1(CC(N)c2ccc(Cl)cc2)CCC1. The fraction of sp³-hybridized carbons (Fsp3) is 0.538. The lowest BCUT2D eigenvalue weighted by Crippen LogP contribution is -2.41. The Bertz CT molecular complexity index is 340. The third kappa shape index (κ3) is 2.40. The molecule has 1 aromatic rings. The second kappa shape index (κ2) is 4.74. The highest BCUT2D eigenvalue weighted by Gasteiger charge is 2.38. The molecule has 1 saturated carbocycles. The van der Waals surface area contributed by atoms with Crippen LogP contribution in [0.1, 0.15) is 37.3 Å². The minimum Gasteiger partial charge on any atom is -0.378 e. The predicted octanol–water partition coefficient (Wildman–Crippen LogP) is 3.30. The summed E-state index contributed by atoms with van der Waals surface area (Å²) in [4.78, 5) is 0. The fourth-order valence-electron chi connectivity index (χ4n) is 2.29. The molecule has 1 aromatic carbocycles. The summed E-state index contributed by atoms with van der Waals surface area (Å²) in [6.45, 7) is 0. The number of benzene rings is 1. The van der Waals surface area contributed by atoms with E-state index >= 15 is 0 Å². The number of rotatable bonds is 4. The quantitative estimate of drug-likeness (QED) is 0.875. The largest absolute Gasteiger partial charge is 0.378 e. The first kappa shape index (κ1) is 11.9. The van der Waals surface area contributed by atoms with Crippen LogP contribution in [0.25, 0.3) is 0 Å². The Morgan fingerprint density at radius 1 is 1.38 bits per heavy atom. The van der Waals surface area contributed by atoms with Gasteiger partial charge < -0.3 is 10.5 Å². The summed E-state index contributed by atoms with van der Waals surface area (Å²) in [7, 11) is 1.79. The Labute approximate surface area is 102 Å². The lowest BCUT2D eigenvalue weighted by molar-refractivity contribution is -0.0816. The number of methoxy groups -OCH3 is 1. The van der Waals surface area contributed by atoms with Crippen molar-refractivity contribution in [1.29, 1.82) is 0 Å². The average Bonchev–Trinajstić information content (AvgIpc) is 2.24. The van der Waals surface area contributed by atoms with Gasteiger partial charge in [-0.3, -0.25) is 0 Å². The van der Waals surface area contributed by atoms with E-state index in [1.165, 1.54) is 6.42 Å². The van der Waals surface area contributed by atoms with E-state index in [-0.39, 0.29) is 11.6 Å². The normalized spacial score (nSPS) is 20.2. The molecule has 1 aliphatic rings. The molecule has 1 atom stereocenters. The maximum Gasteiger partial charge on any atom is 0.0696 e. The van der Waals surface area contributed by atoms with Gasteiger partial charge in [0.25, 0.3) is 0 Å². The van der Waals surface area contributed by atoms with Gasteiger partial charge in [-0.15, -0.1) is 0 Å². The first-order valence-electron chi connectivity index (χ1n) is 5.71. The van der Waals surface area contributed by atoms with Crippen LogP contribution in [-0.4, -0.2) is 12.7 Å². The van der Waals surface area contributed by atoms with Crippen molar-refractivity contribution in [2.24, 2.45) is 5.73 Å². The summed E-state index contributed by atoms with van der Waals surface area (Å²) in [6.07, 6.45) is 4.40. The Kier molecular flexibility index (Phi) is 3.53. The molecule has 0 saturated heterocycles. The van der Waals surface area contributed by atoms with Crippen LogP contribution in [0, 0.1) is 0 Å². The third-order valence-corrected chi connectivity index (χ3v) is 3.84. The second-order valence-corrected chi connectivity index (χ2v) is 5.04. The molecule has 2 rings (SSSR count). The van der Waals surface area contributed by atoms with Crippen molar-refractivity contribution in [3.05, 3.63) is 34.9 Å². The topological polar surface area (TPSA) is 35.2 Å². The van der Waals surface area contributed by atoms with Crippen LogP contribution in [0.5, 0.6) is 0 Å². The summed E-state index contributed by atoms with van der Waals surface area (Å²) in [5.41, 5.74) is 7.35. The van der Waals surface area contributed by atoms with E-state index in [1.54, 1.807) is 7.11 Å². The first-order valence-corrected chi connectivity index (χ1v) is 6.09. The predicted molar refractivity (Wildman–Crippen MR) is 66.6 cm³/mol. The van der Waals surface area contributed by atoms with Gasteiger partial charge in [0.1, 0.15) is 0 Å². The van der Waals surface area contributed by atoms with E-state index in [0.717, 1.165) is 29.8 Å². The summed E-state index contributed by atoms with van der Waals surface area (Å²) >= 11 is 5.85. The molecular weight excluding hydrogens is 222 g/mol. The lowest BCUT2D eigenvalue weighted by atomic mass is 9.75. The minimum absolute atomic E-state index is 0.0268. The highest BCUT2D eigenvalue weighted by molar-refractivity contribution is 6.30. The van der Waals surface area contributed by atoms with E-state index in [0.29, 0.717) is 0 Å². The third-order valence-electron chi connectivity index (χ3n) is 3.59. The number of ether oxygens (including phenoxy) is 1. The second-order valence-electron chi connectivity index (χ2n) is 4.60. The molecule has 2 N–H and O–H groups in total. The summed E-state index contributed by atoms with van der Waals surface area (Å²) in [6, 6.07) is 7.80. The summed E-state index contributed by atoms with van der Waals surface area (Å²) in [5, 5.41) is 0.751. The fourth-order valence-corrected chi connectivity index (χ4v) is 2.42. The number of halogens is 1. The molecule has 3 heteroatoms. The molecule has 0 heterocycles. The van der Waals surface area contributed by atoms with Crippen molar-refractivity contribution in [3.63, 3.8) is 0 Å². The molecule has 16 heavy (non-hydrogen) atoms. The van der Waals surface area contributed by atoms with Crippen LogP contribution in [0.4, 0.5) is 0 Å². The lowest BCUT2D eigenvalue weighted by Gasteiger charge is -2.42. The van der Waals surface area contributed by atoms with Crippen LogP contribution in [0.15, 0.2) is 24.3 Å². The number of hydrogen-bond acceptors (Lipinski definition) is 2. The molecule has 0 spiro atoms. The van der Waals surface area contributed by atoms with Gasteiger partial charge in [0.2, 0.25) is 0 Å². The monoisotopic (exact) mass is 239 g/mol. The van der Waals surface area contributed by atoms with Crippen molar-refractivity contribution >= 4 is 11.6 Å². The van der Waals surface area contributed by atoms with Crippen molar-refractivity contribution in [3.8, 4) is 0 Å². The zero-order valence-electron chi connectivity index (χ0n) is 9.58. The van der Waals surface area contributed by atoms with Gasteiger partial charge in [0, 0.05) is 18.2 Å². The molecular formula is C13H18ClNO. The van der Waals surface area contributed by atoms with Gasteiger partial charge in [-0.2, -0.15) is 0 Å². The Morgan fingerprint density at radius 2 is 2.00 bits per heavy atom. The molecule has 2 nitrogen and oxygen atoms in total. The maximum atomic E-state index is 6.19. The van der Waals surface area contributed by atoms with Crippen LogP contribution in [-0.2, 0) is 4.74 Å². The van der Waals surface area contributed by atoms with Crippen molar-refractivity contribution < 1.29 is 4.74 Å². The van der Waals surface area contributed by atoms with Crippen molar-refractivity contribution in [2.75, 3.05) is 7.11 Å². The molecule has 1 unspecified atom stereocenters. The van der Waals surface area contributed by atoms with Gasteiger partial charge in [0.15, 0.2) is 0 Å². The maximum absolute atomic E-state index is 6.19. The first-order chi connectivity index (χ1) is 7.65.